The first kappa shape index (κ1) is 15.6. The van der Waals surface area contributed by atoms with Crippen LogP contribution < -0.4 is 0 Å². The zero-order chi connectivity index (χ0) is 15.8. The molecule has 0 heterocycles. The fourth-order valence-corrected chi connectivity index (χ4v) is 2.45. The Morgan fingerprint density at radius 1 is 1.10 bits per heavy atom. The van der Waals surface area contributed by atoms with Crippen molar-refractivity contribution in [3.63, 3.8) is 0 Å². The first-order valence-electron chi connectivity index (χ1n) is 6.19. The third kappa shape index (κ3) is 3.27. The monoisotopic (exact) mass is 312 g/mol. The fourth-order valence-electron chi connectivity index (χ4n) is 2.13. The van der Waals surface area contributed by atoms with Crippen LogP contribution in [0.15, 0.2) is 36.4 Å². The summed E-state index contributed by atoms with van der Waals surface area (Å²) in [4.78, 5) is 11.3. The molecule has 2 aromatic rings. The van der Waals surface area contributed by atoms with E-state index in [9.17, 15) is 18.0 Å². The number of benzene rings is 2. The summed E-state index contributed by atoms with van der Waals surface area (Å²) in [5.74, 6) is -0.157. The van der Waals surface area contributed by atoms with Crippen molar-refractivity contribution in [3.05, 3.63) is 58.1 Å². The van der Waals surface area contributed by atoms with Gasteiger partial charge in [-0.3, -0.25) is 4.79 Å². The molecule has 0 spiro atoms. The Bertz CT molecular complexity index is 705. The summed E-state index contributed by atoms with van der Waals surface area (Å²) in [6, 6.07) is 8.40. The van der Waals surface area contributed by atoms with E-state index in [2.05, 4.69) is 0 Å². The van der Waals surface area contributed by atoms with E-state index in [1.54, 1.807) is 25.1 Å². The van der Waals surface area contributed by atoms with Crippen LogP contribution in [0.25, 0.3) is 11.1 Å². The Morgan fingerprint density at radius 3 is 2.24 bits per heavy atom. The van der Waals surface area contributed by atoms with E-state index in [-0.39, 0.29) is 5.78 Å². The maximum Gasteiger partial charge on any atom is 0.416 e. The van der Waals surface area contributed by atoms with E-state index in [0.29, 0.717) is 27.3 Å². The van der Waals surface area contributed by atoms with Gasteiger partial charge in [-0.1, -0.05) is 23.7 Å². The molecule has 2 aromatic carbocycles. The van der Waals surface area contributed by atoms with Crippen LogP contribution in [0.1, 0.15) is 28.4 Å². The number of carbonyl (C=O) groups is 1. The van der Waals surface area contributed by atoms with Crippen LogP contribution in [0, 0.1) is 6.92 Å². The van der Waals surface area contributed by atoms with Crippen LogP contribution in [0.4, 0.5) is 13.2 Å². The van der Waals surface area contributed by atoms with Crippen molar-refractivity contribution in [1.82, 2.24) is 0 Å². The van der Waals surface area contributed by atoms with E-state index in [4.69, 9.17) is 11.6 Å². The maximum absolute atomic E-state index is 12.6. The van der Waals surface area contributed by atoms with Gasteiger partial charge in [-0.05, 0) is 54.8 Å². The van der Waals surface area contributed by atoms with Gasteiger partial charge in [0.15, 0.2) is 5.78 Å². The molecule has 0 aliphatic heterocycles. The minimum atomic E-state index is -4.36. The summed E-state index contributed by atoms with van der Waals surface area (Å²) in [6.07, 6.45) is -4.36. The van der Waals surface area contributed by atoms with Gasteiger partial charge in [0.2, 0.25) is 0 Å². The van der Waals surface area contributed by atoms with Gasteiger partial charge in [-0.15, -0.1) is 0 Å². The van der Waals surface area contributed by atoms with Crippen LogP contribution in [-0.2, 0) is 6.18 Å². The molecule has 110 valence electrons. The number of Topliss-reactive ketones (excluding diaryl/α,β-unsaturated/α-hetero) is 1. The number of aryl methyl sites for hydroxylation is 1. The molecule has 0 amide bonds. The lowest BCUT2D eigenvalue weighted by Crippen LogP contribution is -2.05. The van der Waals surface area contributed by atoms with Gasteiger partial charge in [-0.25, -0.2) is 0 Å². The predicted octanol–water partition coefficient (Wildman–Crippen LogP) is 5.54. The Kier molecular flexibility index (Phi) is 4.10. The highest BCUT2D eigenvalue weighted by Crippen LogP contribution is 2.34. The number of ketones is 1. The van der Waals surface area contributed by atoms with Crippen molar-refractivity contribution in [3.8, 4) is 11.1 Å². The molecule has 0 aliphatic rings. The maximum atomic E-state index is 12.6. The summed E-state index contributed by atoms with van der Waals surface area (Å²) in [5.41, 5.74) is 1.54. The van der Waals surface area contributed by atoms with Crippen molar-refractivity contribution in [1.29, 1.82) is 0 Å². The minimum absolute atomic E-state index is 0.157. The fraction of sp³-hybridized carbons (Fsp3) is 0.188. The molecule has 0 aliphatic carbocycles. The highest BCUT2D eigenvalue weighted by molar-refractivity contribution is 6.34. The average molecular weight is 313 g/mol. The molecule has 0 bridgehead atoms. The summed E-state index contributed by atoms with van der Waals surface area (Å²) < 4.78 is 37.9. The van der Waals surface area contributed by atoms with Gasteiger partial charge in [0.25, 0.3) is 0 Å². The normalized spacial score (nSPS) is 11.5. The van der Waals surface area contributed by atoms with E-state index in [0.717, 1.165) is 12.1 Å². The third-order valence-electron chi connectivity index (χ3n) is 3.21. The number of alkyl halides is 3. The largest absolute Gasteiger partial charge is 0.416 e. The molecule has 0 aromatic heterocycles. The highest BCUT2D eigenvalue weighted by atomic mass is 35.5. The molecular weight excluding hydrogens is 301 g/mol. The van der Waals surface area contributed by atoms with Crippen molar-refractivity contribution in [2.24, 2.45) is 0 Å². The lowest BCUT2D eigenvalue weighted by Gasteiger charge is -2.12. The Hall–Kier alpha value is -1.81. The number of hydrogen-bond donors (Lipinski definition) is 0. The van der Waals surface area contributed by atoms with Crippen LogP contribution in [-0.4, -0.2) is 5.78 Å². The third-order valence-corrected chi connectivity index (χ3v) is 3.53. The van der Waals surface area contributed by atoms with Crippen LogP contribution >= 0.6 is 11.6 Å². The van der Waals surface area contributed by atoms with E-state index < -0.39 is 11.7 Å². The van der Waals surface area contributed by atoms with Gasteiger partial charge in [0.1, 0.15) is 0 Å². The quantitative estimate of drug-likeness (QED) is 0.666. The second kappa shape index (κ2) is 5.53. The molecule has 5 heteroatoms. The van der Waals surface area contributed by atoms with Crippen LogP contribution in [0.5, 0.6) is 0 Å². The zero-order valence-corrected chi connectivity index (χ0v) is 12.1. The molecule has 0 unspecified atom stereocenters. The molecule has 0 N–H and O–H groups in total. The highest BCUT2D eigenvalue weighted by Gasteiger charge is 2.30. The summed E-state index contributed by atoms with van der Waals surface area (Å²) in [7, 11) is 0. The standard InChI is InChI=1S/C16H12ClF3O/c1-9-7-12(16(18,19)20)4-6-13(9)11-3-5-14(10(2)21)15(17)8-11/h3-8H,1-2H3. The minimum Gasteiger partial charge on any atom is -0.294 e. The Labute approximate surface area is 125 Å². The molecule has 0 radical (unpaired) electrons. The van der Waals surface area contributed by atoms with E-state index >= 15 is 0 Å². The van der Waals surface area contributed by atoms with Gasteiger partial charge in [0.05, 0.1) is 10.6 Å². The van der Waals surface area contributed by atoms with Crippen molar-refractivity contribution in [2.75, 3.05) is 0 Å². The second-order valence-corrected chi connectivity index (χ2v) is 5.19. The SMILES string of the molecule is CC(=O)c1ccc(-c2ccc(C(F)(F)F)cc2C)cc1Cl. The molecule has 21 heavy (non-hydrogen) atoms. The average Bonchev–Trinajstić information content (AvgIpc) is 2.36. The summed E-state index contributed by atoms with van der Waals surface area (Å²) in [6.45, 7) is 3.02. The van der Waals surface area contributed by atoms with E-state index in [1.807, 2.05) is 0 Å². The lowest BCUT2D eigenvalue weighted by molar-refractivity contribution is -0.137. The predicted molar refractivity (Wildman–Crippen MR) is 76.6 cm³/mol. The molecular formula is C16H12ClF3O. The topological polar surface area (TPSA) is 17.1 Å². The first-order chi connectivity index (χ1) is 9.70. The van der Waals surface area contributed by atoms with Crippen molar-refractivity contribution >= 4 is 17.4 Å². The molecule has 0 atom stereocenters. The number of carbonyl (C=O) groups excluding carboxylic acids is 1. The molecule has 0 saturated heterocycles. The van der Waals surface area contributed by atoms with Gasteiger partial charge >= 0.3 is 6.18 Å². The smallest absolute Gasteiger partial charge is 0.294 e. The number of halogens is 4. The summed E-state index contributed by atoms with van der Waals surface area (Å²) in [5, 5.41) is 0.291. The molecule has 1 nitrogen and oxygen atoms in total. The summed E-state index contributed by atoms with van der Waals surface area (Å²) >= 11 is 6.03. The van der Waals surface area contributed by atoms with Crippen molar-refractivity contribution < 1.29 is 18.0 Å². The first-order valence-corrected chi connectivity index (χ1v) is 6.56. The number of hydrogen-bond acceptors (Lipinski definition) is 1. The lowest BCUT2D eigenvalue weighted by atomic mass is 9.97. The van der Waals surface area contributed by atoms with Gasteiger partial charge in [-0.2, -0.15) is 13.2 Å². The molecule has 0 fully saturated rings. The van der Waals surface area contributed by atoms with E-state index in [1.165, 1.54) is 13.0 Å². The molecule has 2 rings (SSSR count). The second-order valence-electron chi connectivity index (χ2n) is 4.78. The van der Waals surface area contributed by atoms with Crippen molar-refractivity contribution in [2.45, 2.75) is 20.0 Å². The Morgan fingerprint density at radius 2 is 1.76 bits per heavy atom. The van der Waals surface area contributed by atoms with Crippen LogP contribution in [0.3, 0.4) is 0 Å². The number of rotatable bonds is 2. The Balaban J connectivity index is 2.48. The van der Waals surface area contributed by atoms with Gasteiger partial charge < -0.3 is 0 Å². The molecule has 0 saturated carbocycles. The zero-order valence-electron chi connectivity index (χ0n) is 11.4. The van der Waals surface area contributed by atoms with Crippen LogP contribution in [0.2, 0.25) is 5.02 Å². The van der Waals surface area contributed by atoms with Gasteiger partial charge in [0, 0.05) is 5.56 Å².